The zero-order valence-corrected chi connectivity index (χ0v) is 10.5. The molecule has 1 aromatic rings. The number of aliphatic carboxylic acids is 1. The molecule has 2 unspecified atom stereocenters. The third-order valence-electron chi connectivity index (χ3n) is 3.58. The third-order valence-corrected chi connectivity index (χ3v) is 3.58. The SMILES string of the molecule is CCn1ccnc(N2CCC(C(=O)O)C2C)c1=O. The van der Waals surface area contributed by atoms with Gasteiger partial charge in [-0.2, -0.15) is 0 Å². The van der Waals surface area contributed by atoms with Gasteiger partial charge < -0.3 is 14.6 Å². The molecule has 2 rings (SSSR count). The lowest BCUT2D eigenvalue weighted by Crippen LogP contribution is -2.38. The first-order valence-electron chi connectivity index (χ1n) is 6.11. The maximum absolute atomic E-state index is 12.1. The van der Waals surface area contributed by atoms with E-state index >= 15 is 0 Å². The monoisotopic (exact) mass is 251 g/mol. The summed E-state index contributed by atoms with van der Waals surface area (Å²) in [4.78, 5) is 29.1. The van der Waals surface area contributed by atoms with Gasteiger partial charge in [0.05, 0.1) is 5.92 Å². The van der Waals surface area contributed by atoms with E-state index in [-0.39, 0.29) is 11.6 Å². The van der Waals surface area contributed by atoms with Crippen molar-refractivity contribution in [1.29, 1.82) is 0 Å². The molecule has 1 saturated heterocycles. The molecule has 0 bridgehead atoms. The number of aromatic nitrogens is 2. The summed E-state index contributed by atoms with van der Waals surface area (Å²) < 4.78 is 1.57. The molecule has 1 aliphatic rings. The van der Waals surface area contributed by atoms with Crippen molar-refractivity contribution in [2.75, 3.05) is 11.4 Å². The molecule has 6 nitrogen and oxygen atoms in total. The first-order valence-corrected chi connectivity index (χ1v) is 6.11. The van der Waals surface area contributed by atoms with E-state index in [1.165, 1.54) is 0 Å². The minimum atomic E-state index is -0.809. The zero-order chi connectivity index (χ0) is 13.3. The van der Waals surface area contributed by atoms with Crippen LogP contribution in [0.2, 0.25) is 0 Å². The Bertz CT molecular complexity index is 512. The van der Waals surface area contributed by atoms with E-state index in [1.807, 2.05) is 13.8 Å². The lowest BCUT2D eigenvalue weighted by atomic mass is 10.0. The van der Waals surface area contributed by atoms with Gasteiger partial charge in [0.2, 0.25) is 0 Å². The standard InChI is InChI=1S/C12H17N3O3/c1-3-14-7-5-13-10(11(14)16)15-6-4-9(8(15)2)12(17)18/h5,7-9H,3-4,6H2,1-2H3,(H,17,18). The summed E-state index contributed by atoms with van der Waals surface area (Å²) in [7, 11) is 0. The summed E-state index contributed by atoms with van der Waals surface area (Å²) in [6.45, 7) is 4.86. The van der Waals surface area contributed by atoms with Crippen LogP contribution in [0.1, 0.15) is 20.3 Å². The zero-order valence-electron chi connectivity index (χ0n) is 10.5. The maximum Gasteiger partial charge on any atom is 0.308 e. The van der Waals surface area contributed by atoms with E-state index in [0.717, 1.165) is 0 Å². The van der Waals surface area contributed by atoms with Crippen molar-refractivity contribution in [2.24, 2.45) is 5.92 Å². The molecular weight excluding hydrogens is 234 g/mol. The van der Waals surface area contributed by atoms with Gasteiger partial charge in [0.25, 0.3) is 5.56 Å². The second-order valence-electron chi connectivity index (χ2n) is 4.51. The maximum atomic E-state index is 12.1. The Morgan fingerprint density at radius 1 is 1.61 bits per heavy atom. The fourth-order valence-corrected chi connectivity index (χ4v) is 2.45. The topological polar surface area (TPSA) is 75.4 Å². The molecule has 1 aromatic heterocycles. The van der Waals surface area contributed by atoms with Crippen molar-refractivity contribution in [2.45, 2.75) is 32.9 Å². The Hall–Kier alpha value is -1.85. The number of carboxylic acid groups (broad SMARTS) is 1. The summed E-state index contributed by atoms with van der Waals surface area (Å²) in [5, 5.41) is 9.09. The Morgan fingerprint density at radius 2 is 2.33 bits per heavy atom. The molecule has 1 aliphatic heterocycles. The fourth-order valence-electron chi connectivity index (χ4n) is 2.45. The molecule has 1 N–H and O–H groups in total. The van der Waals surface area contributed by atoms with Gasteiger partial charge in [0.1, 0.15) is 0 Å². The minimum Gasteiger partial charge on any atom is -0.481 e. The number of aryl methyl sites for hydroxylation is 1. The van der Waals surface area contributed by atoms with Crippen LogP contribution in [0.4, 0.5) is 5.82 Å². The first kappa shape index (κ1) is 12.6. The van der Waals surface area contributed by atoms with Crippen LogP contribution < -0.4 is 10.5 Å². The summed E-state index contributed by atoms with van der Waals surface area (Å²) >= 11 is 0. The molecule has 0 spiro atoms. The summed E-state index contributed by atoms with van der Waals surface area (Å²) in [5.41, 5.74) is -0.155. The van der Waals surface area contributed by atoms with Crippen LogP contribution >= 0.6 is 0 Å². The number of hydrogen-bond donors (Lipinski definition) is 1. The molecule has 1 fully saturated rings. The van der Waals surface area contributed by atoms with Crippen LogP contribution in [0.15, 0.2) is 17.2 Å². The van der Waals surface area contributed by atoms with Crippen LogP contribution in [-0.2, 0) is 11.3 Å². The molecule has 0 saturated carbocycles. The van der Waals surface area contributed by atoms with Crippen molar-refractivity contribution in [3.63, 3.8) is 0 Å². The van der Waals surface area contributed by atoms with E-state index in [2.05, 4.69) is 4.98 Å². The highest BCUT2D eigenvalue weighted by Crippen LogP contribution is 2.26. The Balaban J connectivity index is 2.34. The molecule has 0 amide bonds. The number of carboxylic acids is 1. The molecule has 6 heteroatoms. The largest absolute Gasteiger partial charge is 0.481 e. The predicted octanol–water partition coefficient (Wildman–Crippen LogP) is 0.563. The van der Waals surface area contributed by atoms with Crippen LogP contribution in [0, 0.1) is 5.92 Å². The van der Waals surface area contributed by atoms with E-state index in [9.17, 15) is 9.59 Å². The average molecular weight is 251 g/mol. The van der Waals surface area contributed by atoms with E-state index in [4.69, 9.17) is 5.11 Å². The van der Waals surface area contributed by atoms with Crippen molar-refractivity contribution in [3.8, 4) is 0 Å². The van der Waals surface area contributed by atoms with Crippen LogP contribution in [-0.4, -0.2) is 33.2 Å². The van der Waals surface area contributed by atoms with Crippen molar-refractivity contribution in [1.82, 2.24) is 9.55 Å². The van der Waals surface area contributed by atoms with Gasteiger partial charge in [-0.05, 0) is 20.3 Å². The lowest BCUT2D eigenvalue weighted by molar-refractivity contribution is -0.141. The third kappa shape index (κ3) is 1.98. The van der Waals surface area contributed by atoms with Crippen LogP contribution in [0.3, 0.4) is 0 Å². The number of rotatable bonds is 3. The second-order valence-corrected chi connectivity index (χ2v) is 4.51. The highest BCUT2D eigenvalue weighted by Gasteiger charge is 2.37. The van der Waals surface area contributed by atoms with Crippen molar-refractivity contribution < 1.29 is 9.90 Å². The molecular formula is C12H17N3O3. The van der Waals surface area contributed by atoms with E-state index < -0.39 is 11.9 Å². The molecule has 0 radical (unpaired) electrons. The number of nitrogens with zero attached hydrogens (tertiary/aromatic N) is 3. The molecule has 18 heavy (non-hydrogen) atoms. The molecule has 98 valence electrons. The summed E-state index contributed by atoms with van der Waals surface area (Å²) in [6.07, 6.45) is 3.78. The Morgan fingerprint density at radius 3 is 2.89 bits per heavy atom. The fraction of sp³-hybridized carbons (Fsp3) is 0.583. The minimum absolute atomic E-state index is 0.155. The van der Waals surface area contributed by atoms with Crippen LogP contribution in [0.5, 0.6) is 0 Å². The summed E-state index contributed by atoms with van der Waals surface area (Å²) in [5.74, 6) is -0.881. The van der Waals surface area contributed by atoms with Gasteiger partial charge in [-0.15, -0.1) is 0 Å². The molecule has 0 aromatic carbocycles. The second kappa shape index (κ2) is 4.80. The Labute approximate surface area is 105 Å². The molecule has 2 atom stereocenters. The van der Waals surface area contributed by atoms with Gasteiger partial charge in [0.15, 0.2) is 5.82 Å². The number of carbonyl (C=O) groups is 1. The smallest absolute Gasteiger partial charge is 0.308 e. The first-order chi connectivity index (χ1) is 8.56. The van der Waals surface area contributed by atoms with Gasteiger partial charge in [-0.3, -0.25) is 9.59 Å². The number of hydrogen-bond acceptors (Lipinski definition) is 4. The van der Waals surface area contributed by atoms with E-state index in [1.54, 1.807) is 21.9 Å². The molecule has 2 heterocycles. The summed E-state index contributed by atoms with van der Waals surface area (Å²) in [6, 6.07) is -0.199. The van der Waals surface area contributed by atoms with Gasteiger partial charge in [0, 0.05) is 31.5 Å². The average Bonchev–Trinajstić information content (AvgIpc) is 2.71. The van der Waals surface area contributed by atoms with Gasteiger partial charge in [-0.1, -0.05) is 0 Å². The molecule has 0 aliphatic carbocycles. The highest BCUT2D eigenvalue weighted by molar-refractivity contribution is 5.72. The predicted molar refractivity (Wildman–Crippen MR) is 66.7 cm³/mol. The van der Waals surface area contributed by atoms with Gasteiger partial charge in [-0.25, -0.2) is 4.98 Å². The normalized spacial score (nSPS) is 23.3. The van der Waals surface area contributed by atoms with Gasteiger partial charge >= 0.3 is 5.97 Å². The van der Waals surface area contributed by atoms with Crippen molar-refractivity contribution >= 4 is 11.8 Å². The van der Waals surface area contributed by atoms with Crippen LogP contribution in [0.25, 0.3) is 0 Å². The lowest BCUT2D eigenvalue weighted by Gasteiger charge is -2.23. The van der Waals surface area contributed by atoms with Crippen molar-refractivity contribution in [3.05, 3.63) is 22.7 Å². The van der Waals surface area contributed by atoms with E-state index in [0.29, 0.717) is 25.3 Å². The highest BCUT2D eigenvalue weighted by atomic mass is 16.4. The Kier molecular flexibility index (Phi) is 3.36. The number of anilines is 1. The quantitative estimate of drug-likeness (QED) is 0.849.